The fourth-order valence-electron chi connectivity index (χ4n) is 0.0546. The van der Waals surface area contributed by atoms with E-state index in [0.29, 0.717) is 0 Å². The molecule has 0 saturated heterocycles. The molecule has 6 heavy (non-hydrogen) atoms. The smallest absolute Gasteiger partial charge is 0.161 e. The van der Waals surface area contributed by atoms with Crippen LogP contribution in [0.3, 0.4) is 0 Å². The topological polar surface area (TPSA) is 43.1 Å². The highest BCUT2D eigenvalue weighted by Gasteiger charge is 1.89. The standard InChI is InChI=1S/C3H6ClNO/c4-1-3(6)2-5/h1-2,5H2. The first kappa shape index (κ1) is 5.92. The number of carbonyl (C=O) groups is 1. The molecule has 0 aliphatic heterocycles. The fraction of sp³-hybridized carbons (Fsp3) is 0.667. The van der Waals surface area contributed by atoms with Gasteiger partial charge in [-0.15, -0.1) is 11.6 Å². The molecule has 36 valence electrons. The van der Waals surface area contributed by atoms with Crippen molar-refractivity contribution in [2.24, 2.45) is 5.73 Å². The number of alkyl halides is 1. The second kappa shape index (κ2) is 3.12. The van der Waals surface area contributed by atoms with Crippen LogP contribution in [0.5, 0.6) is 0 Å². The summed E-state index contributed by atoms with van der Waals surface area (Å²) in [6, 6.07) is 0. The van der Waals surface area contributed by atoms with Gasteiger partial charge in [0.15, 0.2) is 5.78 Å². The average molecular weight is 108 g/mol. The highest BCUT2D eigenvalue weighted by Crippen LogP contribution is 1.71. The molecule has 0 bridgehead atoms. The van der Waals surface area contributed by atoms with Crippen LogP contribution < -0.4 is 5.73 Å². The van der Waals surface area contributed by atoms with E-state index in [1.165, 1.54) is 0 Å². The zero-order valence-corrected chi connectivity index (χ0v) is 4.03. The molecule has 0 radical (unpaired) electrons. The number of ketones is 1. The minimum Gasteiger partial charge on any atom is -0.324 e. The van der Waals surface area contributed by atoms with Crippen LogP contribution in [-0.4, -0.2) is 18.2 Å². The lowest BCUT2D eigenvalue weighted by Crippen LogP contribution is -2.13. The first-order valence-corrected chi connectivity index (χ1v) is 2.12. The third-order valence-corrected chi connectivity index (χ3v) is 0.675. The van der Waals surface area contributed by atoms with Crippen LogP contribution in [0.15, 0.2) is 0 Å². The Bertz CT molecular complexity index is 48.8. The molecule has 0 saturated carbocycles. The lowest BCUT2D eigenvalue weighted by atomic mass is 10.5. The lowest BCUT2D eigenvalue weighted by Gasteiger charge is -1.80. The van der Waals surface area contributed by atoms with Crippen molar-refractivity contribution < 1.29 is 4.79 Å². The van der Waals surface area contributed by atoms with E-state index in [1.807, 2.05) is 0 Å². The number of hydrogen-bond acceptors (Lipinski definition) is 2. The molecule has 2 nitrogen and oxygen atoms in total. The van der Waals surface area contributed by atoms with E-state index in [-0.39, 0.29) is 18.2 Å². The van der Waals surface area contributed by atoms with E-state index in [1.54, 1.807) is 0 Å². The summed E-state index contributed by atoms with van der Waals surface area (Å²) in [7, 11) is 0. The van der Waals surface area contributed by atoms with Gasteiger partial charge in [-0.25, -0.2) is 0 Å². The average Bonchev–Trinajstić information content (AvgIpc) is 1.65. The van der Waals surface area contributed by atoms with Crippen LogP contribution in [0.4, 0.5) is 0 Å². The summed E-state index contributed by atoms with van der Waals surface area (Å²) in [6.07, 6.45) is 0. The Balaban J connectivity index is 2.99. The molecule has 0 fully saturated rings. The Labute approximate surface area is 41.3 Å². The van der Waals surface area contributed by atoms with Crippen molar-refractivity contribution in [1.29, 1.82) is 0 Å². The van der Waals surface area contributed by atoms with Crippen LogP contribution in [-0.2, 0) is 4.79 Å². The molecule has 0 unspecified atom stereocenters. The highest BCUT2D eigenvalue weighted by molar-refractivity contribution is 6.27. The molecule has 0 rings (SSSR count). The van der Waals surface area contributed by atoms with Crippen molar-refractivity contribution in [3.63, 3.8) is 0 Å². The third kappa shape index (κ3) is 2.18. The molecule has 0 aromatic carbocycles. The second-order valence-corrected chi connectivity index (χ2v) is 1.14. The summed E-state index contributed by atoms with van der Waals surface area (Å²) in [6.45, 7) is 0.0590. The number of carbonyl (C=O) groups excluding carboxylic acids is 1. The molecular weight excluding hydrogens is 101 g/mol. The Hall–Kier alpha value is -0.0800. The summed E-state index contributed by atoms with van der Waals surface area (Å²) in [5.41, 5.74) is 4.85. The molecule has 0 spiro atoms. The number of rotatable bonds is 2. The van der Waals surface area contributed by atoms with E-state index in [9.17, 15) is 4.79 Å². The number of nitrogens with two attached hydrogens (primary N) is 1. The Morgan fingerprint density at radius 1 is 1.83 bits per heavy atom. The highest BCUT2D eigenvalue weighted by atomic mass is 35.5. The van der Waals surface area contributed by atoms with Gasteiger partial charge in [-0.05, 0) is 0 Å². The minimum absolute atomic E-state index is 0.0382. The lowest BCUT2D eigenvalue weighted by molar-refractivity contribution is -0.115. The first-order valence-electron chi connectivity index (χ1n) is 1.59. The van der Waals surface area contributed by atoms with Gasteiger partial charge in [0.1, 0.15) is 0 Å². The number of halogens is 1. The Morgan fingerprint density at radius 2 is 2.33 bits per heavy atom. The second-order valence-electron chi connectivity index (χ2n) is 0.876. The van der Waals surface area contributed by atoms with E-state index in [0.717, 1.165) is 0 Å². The van der Waals surface area contributed by atoms with Gasteiger partial charge in [0, 0.05) is 0 Å². The maximum atomic E-state index is 9.92. The van der Waals surface area contributed by atoms with Gasteiger partial charge in [0.05, 0.1) is 12.4 Å². The molecule has 3 heteroatoms. The van der Waals surface area contributed by atoms with Crippen LogP contribution in [0, 0.1) is 0 Å². The van der Waals surface area contributed by atoms with Gasteiger partial charge >= 0.3 is 0 Å². The van der Waals surface area contributed by atoms with Crippen molar-refractivity contribution in [3.8, 4) is 0 Å². The SMILES string of the molecule is NCC(=O)CCl. The van der Waals surface area contributed by atoms with Gasteiger partial charge in [0.25, 0.3) is 0 Å². The van der Waals surface area contributed by atoms with Crippen molar-refractivity contribution in [3.05, 3.63) is 0 Å². The first-order chi connectivity index (χ1) is 2.81. The maximum Gasteiger partial charge on any atom is 0.161 e. The normalized spacial score (nSPS) is 8.33. The van der Waals surface area contributed by atoms with Gasteiger partial charge in [-0.2, -0.15) is 0 Å². The molecule has 0 atom stereocenters. The predicted molar refractivity (Wildman–Crippen MR) is 24.8 cm³/mol. The van der Waals surface area contributed by atoms with E-state index in [4.69, 9.17) is 17.3 Å². The third-order valence-electron chi connectivity index (χ3n) is 0.377. The number of Topliss-reactive ketones (excluding diaryl/α,β-unsaturated/α-hetero) is 1. The van der Waals surface area contributed by atoms with Gasteiger partial charge in [-0.1, -0.05) is 0 Å². The van der Waals surface area contributed by atoms with Crippen molar-refractivity contribution in [1.82, 2.24) is 0 Å². The largest absolute Gasteiger partial charge is 0.324 e. The molecule has 0 heterocycles. The van der Waals surface area contributed by atoms with E-state index < -0.39 is 0 Å². The predicted octanol–water partition coefficient (Wildman–Crippen LogP) is -0.247. The fourth-order valence-corrected chi connectivity index (χ4v) is 0.164. The van der Waals surface area contributed by atoms with E-state index in [2.05, 4.69) is 0 Å². The Morgan fingerprint density at radius 3 is 2.33 bits per heavy atom. The van der Waals surface area contributed by atoms with Gasteiger partial charge in [0.2, 0.25) is 0 Å². The molecular formula is C3H6ClNO. The van der Waals surface area contributed by atoms with Crippen LogP contribution in [0.2, 0.25) is 0 Å². The summed E-state index contributed by atoms with van der Waals surface area (Å²) in [4.78, 5) is 9.92. The number of hydrogen-bond donors (Lipinski definition) is 1. The molecule has 0 aliphatic carbocycles. The van der Waals surface area contributed by atoms with Crippen molar-refractivity contribution in [2.75, 3.05) is 12.4 Å². The zero-order chi connectivity index (χ0) is 4.99. The zero-order valence-electron chi connectivity index (χ0n) is 3.28. The molecule has 2 N–H and O–H groups in total. The minimum atomic E-state index is -0.114. The molecule has 0 aromatic heterocycles. The van der Waals surface area contributed by atoms with Crippen LogP contribution in [0.1, 0.15) is 0 Å². The molecule has 0 aliphatic rings. The van der Waals surface area contributed by atoms with Crippen LogP contribution >= 0.6 is 11.6 Å². The molecule has 0 aromatic rings. The maximum absolute atomic E-state index is 9.92. The quantitative estimate of drug-likeness (QED) is 0.495. The molecule has 0 amide bonds. The summed E-state index contributed by atoms with van der Waals surface area (Å²) in [5.74, 6) is -0.0760. The van der Waals surface area contributed by atoms with Gasteiger partial charge in [-0.3, -0.25) is 4.79 Å². The summed E-state index contributed by atoms with van der Waals surface area (Å²) < 4.78 is 0. The summed E-state index contributed by atoms with van der Waals surface area (Å²) >= 11 is 5.02. The van der Waals surface area contributed by atoms with E-state index >= 15 is 0 Å². The van der Waals surface area contributed by atoms with Crippen LogP contribution in [0.25, 0.3) is 0 Å². The van der Waals surface area contributed by atoms with Crippen molar-refractivity contribution >= 4 is 17.4 Å². The van der Waals surface area contributed by atoms with Gasteiger partial charge < -0.3 is 5.73 Å². The monoisotopic (exact) mass is 107 g/mol. The Kier molecular flexibility index (Phi) is 3.08. The summed E-state index contributed by atoms with van der Waals surface area (Å²) in [5, 5.41) is 0. The van der Waals surface area contributed by atoms with Crippen molar-refractivity contribution in [2.45, 2.75) is 0 Å².